The predicted molar refractivity (Wildman–Crippen MR) is 271 cm³/mol. The quantitative estimate of drug-likeness (QED) is 0.147. The highest BCUT2D eigenvalue weighted by molar-refractivity contribution is 6.14. The van der Waals surface area contributed by atoms with Crippen LogP contribution in [0.5, 0.6) is 0 Å². The minimum atomic E-state index is 0.904. The van der Waals surface area contributed by atoms with Gasteiger partial charge in [-0.25, -0.2) is 0 Å². The Labute approximate surface area is 372 Å². The monoisotopic (exact) mass is 811 g/mol. The van der Waals surface area contributed by atoms with Crippen LogP contribution >= 0.6 is 0 Å². The molecule has 11 aromatic carbocycles. The van der Waals surface area contributed by atoms with Crippen molar-refractivity contribution in [2.24, 2.45) is 0 Å². The summed E-state index contributed by atoms with van der Waals surface area (Å²) in [6, 6.07) is 87.5. The van der Waals surface area contributed by atoms with E-state index in [9.17, 15) is 0 Å². The van der Waals surface area contributed by atoms with Gasteiger partial charge >= 0.3 is 0 Å². The molecule has 0 saturated carbocycles. The van der Waals surface area contributed by atoms with Crippen LogP contribution in [-0.4, -0.2) is 4.57 Å². The van der Waals surface area contributed by atoms with E-state index in [1.807, 2.05) is 0 Å². The maximum Gasteiger partial charge on any atom is 0.0541 e. The molecule has 1 heterocycles. The summed E-state index contributed by atoms with van der Waals surface area (Å²) in [4.78, 5) is 0. The fourth-order valence-corrected chi connectivity index (χ4v) is 10.4. The largest absolute Gasteiger partial charge is 0.309 e. The third kappa shape index (κ3) is 6.01. The molecule has 1 nitrogen and oxygen atoms in total. The van der Waals surface area contributed by atoms with Crippen molar-refractivity contribution in [3.63, 3.8) is 0 Å². The third-order valence-corrected chi connectivity index (χ3v) is 13.6. The lowest BCUT2D eigenvalue weighted by atomic mass is 9.92. The Morgan fingerprint density at radius 3 is 1.28 bits per heavy atom. The summed E-state index contributed by atoms with van der Waals surface area (Å²) in [7, 11) is 0. The van der Waals surface area contributed by atoms with Gasteiger partial charge in [-0.1, -0.05) is 194 Å². The van der Waals surface area contributed by atoms with Crippen LogP contribution in [0.15, 0.2) is 237 Å². The Bertz CT molecular complexity index is 3620. The van der Waals surface area contributed by atoms with Crippen molar-refractivity contribution in [2.75, 3.05) is 0 Å². The summed E-state index contributed by atoms with van der Waals surface area (Å²) in [5, 5.41) is 7.67. The van der Waals surface area contributed by atoms with E-state index in [0.29, 0.717) is 0 Å². The lowest BCUT2D eigenvalue weighted by molar-refractivity contribution is 1.16. The van der Waals surface area contributed by atoms with Crippen LogP contribution in [0.2, 0.25) is 0 Å². The van der Waals surface area contributed by atoms with E-state index >= 15 is 0 Å². The molecule has 64 heavy (non-hydrogen) atoms. The molecule has 298 valence electrons. The highest BCUT2D eigenvalue weighted by Crippen LogP contribution is 2.44. The van der Waals surface area contributed by atoms with Crippen molar-refractivity contribution in [1.29, 1.82) is 0 Å². The molecule has 1 aliphatic rings. The van der Waals surface area contributed by atoms with E-state index in [0.717, 1.165) is 6.42 Å². The molecule has 0 unspecified atom stereocenters. The predicted octanol–water partition coefficient (Wildman–Crippen LogP) is 17.0. The van der Waals surface area contributed by atoms with E-state index in [2.05, 4.69) is 241 Å². The molecule has 0 fully saturated rings. The normalized spacial score (nSPS) is 12.0. The summed E-state index contributed by atoms with van der Waals surface area (Å²) in [6.45, 7) is 0. The molecular formula is C63H41N. The van der Waals surface area contributed by atoms with Gasteiger partial charge in [0.05, 0.1) is 11.0 Å². The van der Waals surface area contributed by atoms with E-state index in [1.54, 1.807) is 0 Å². The molecule has 0 saturated heterocycles. The number of hydrogen-bond acceptors (Lipinski definition) is 0. The Morgan fingerprint density at radius 1 is 0.250 bits per heavy atom. The highest BCUT2D eigenvalue weighted by atomic mass is 15.0. The first-order valence-corrected chi connectivity index (χ1v) is 22.3. The molecule has 1 aliphatic carbocycles. The Kier molecular flexibility index (Phi) is 8.35. The standard InChI is InChI=1S/C63H41N/c1-3-11-41(12-4-1)43-19-23-45(24-20-43)47-28-33-62-60(38-47)61-39-48(46-25-21-44(22-26-46)42-13-5-2-6-14-42)29-34-63(61)64(62)53-30-32-56-52(37-53)36-51-35-50(27-31-55(51)56)59-40-49-15-7-8-16-54(49)57-17-9-10-18-58(57)59/h1-35,37-40H,36H2. The number of hydrogen-bond donors (Lipinski definition) is 0. The van der Waals surface area contributed by atoms with Gasteiger partial charge in [-0.15, -0.1) is 0 Å². The highest BCUT2D eigenvalue weighted by Gasteiger charge is 2.22. The van der Waals surface area contributed by atoms with Crippen LogP contribution in [0.4, 0.5) is 0 Å². The molecular weight excluding hydrogens is 771 g/mol. The van der Waals surface area contributed by atoms with E-state index < -0.39 is 0 Å². The fourth-order valence-electron chi connectivity index (χ4n) is 10.4. The molecule has 13 rings (SSSR count). The van der Waals surface area contributed by atoms with Crippen molar-refractivity contribution in [2.45, 2.75) is 6.42 Å². The first kappa shape index (κ1) is 36.4. The second kappa shape index (κ2) is 14.7. The second-order valence-corrected chi connectivity index (χ2v) is 17.3. The van der Waals surface area contributed by atoms with Crippen molar-refractivity contribution >= 4 is 43.4 Å². The molecule has 0 amide bonds. The SMILES string of the molecule is c1ccc(-c2ccc(-c3ccc4c(c3)c3cc(-c5ccc(-c6ccccc6)cc5)ccc3n4-c3ccc4c(c3)Cc3cc(-c5cc6ccccc6c6ccccc56)ccc3-4)cc2)cc1. The summed E-state index contributed by atoms with van der Waals surface area (Å²) >= 11 is 0. The molecule has 0 atom stereocenters. The molecule has 0 N–H and O–H groups in total. The van der Waals surface area contributed by atoms with Crippen LogP contribution in [0, 0.1) is 0 Å². The van der Waals surface area contributed by atoms with E-state index in [4.69, 9.17) is 0 Å². The minimum Gasteiger partial charge on any atom is -0.309 e. The zero-order valence-electron chi connectivity index (χ0n) is 35.2. The zero-order valence-corrected chi connectivity index (χ0v) is 35.2. The van der Waals surface area contributed by atoms with Gasteiger partial charge < -0.3 is 4.57 Å². The molecule has 1 aromatic heterocycles. The first-order chi connectivity index (χ1) is 31.7. The fraction of sp³-hybridized carbons (Fsp3) is 0.0159. The summed E-state index contributed by atoms with van der Waals surface area (Å²) in [6.07, 6.45) is 0.904. The Hall–Kier alpha value is -8.26. The lowest BCUT2D eigenvalue weighted by Crippen LogP contribution is -1.95. The van der Waals surface area contributed by atoms with Gasteiger partial charge in [0.2, 0.25) is 0 Å². The Morgan fingerprint density at radius 2 is 0.688 bits per heavy atom. The van der Waals surface area contributed by atoms with Crippen molar-refractivity contribution in [3.8, 4) is 72.4 Å². The van der Waals surface area contributed by atoms with Gasteiger partial charge in [0.25, 0.3) is 0 Å². The number of benzene rings is 11. The lowest BCUT2D eigenvalue weighted by Gasteiger charge is -2.12. The van der Waals surface area contributed by atoms with Crippen LogP contribution in [0.1, 0.15) is 11.1 Å². The van der Waals surface area contributed by atoms with Gasteiger partial charge in [0, 0.05) is 16.5 Å². The van der Waals surface area contributed by atoms with Crippen LogP contribution < -0.4 is 0 Å². The smallest absolute Gasteiger partial charge is 0.0541 e. The van der Waals surface area contributed by atoms with E-state index in [-0.39, 0.29) is 0 Å². The molecule has 1 heteroatoms. The number of aromatic nitrogens is 1. The van der Waals surface area contributed by atoms with Crippen molar-refractivity contribution in [3.05, 3.63) is 248 Å². The molecule has 0 bridgehead atoms. The summed E-state index contributed by atoms with van der Waals surface area (Å²) < 4.78 is 2.48. The average Bonchev–Trinajstić information content (AvgIpc) is 3.90. The van der Waals surface area contributed by atoms with Gasteiger partial charge in [0.15, 0.2) is 0 Å². The Balaban J connectivity index is 0.909. The molecule has 0 spiro atoms. The first-order valence-electron chi connectivity index (χ1n) is 22.3. The number of nitrogens with zero attached hydrogens (tertiary/aromatic N) is 1. The topological polar surface area (TPSA) is 4.93 Å². The third-order valence-electron chi connectivity index (χ3n) is 13.6. The summed E-state index contributed by atoms with van der Waals surface area (Å²) in [5.74, 6) is 0. The maximum absolute atomic E-state index is 2.48. The minimum absolute atomic E-state index is 0.904. The van der Waals surface area contributed by atoms with Gasteiger partial charge in [-0.2, -0.15) is 0 Å². The van der Waals surface area contributed by atoms with Crippen LogP contribution in [-0.2, 0) is 6.42 Å². The van der Waals surface area contributed by atoms with Gasteiger partial charge in [-0.05, 0) is 148 Å². The summed E-state index contributed by atoms with van der Waals surface area (Å²) in [5.41, 5.74) is 21.3. The van der Waals surface area contributed by atoms with Crippen molar-refractivity contribution in [1.82, 2.24) is 4.57 Å². The maximum atomic E-state index is 2.48. The van der Waals surface area contributed by atoms with E-state index in [1.165, 1.54) is 127 Å². The van der Waals surface area contributed by atoms with Gasteiger partial charge in [-0.3, -0.25) is 0 Å². The number of fused-ring (bicyclic) bond motifs is 9. The molecule has 0 radical (unpaired) electrons. The van der Waals surface area contributed by atoms with Crippen molar-refractivity contribution < 1.29 is 0 Å². The molecule has 12 aromatic rings. The zero-order chi connectivity index (χ0) is 42.1. The number of rotatable bonds is 6. The average molecular weight is 812 g/mol. The van der Waals surface area contributed by atoms with Gasteiger partial charge in [0.1, 0.15) is 0 Å². The van der Waals surface area contributed by atoms with Crippen LogP contribution in [0.25, 0.3) is 116 Å². The van der Waals surface area contributed by atoms with Crippen LogP contribution in [0.3, 0.4) is 0 Å². The molecule has 0 aliphatic heterocycles. The second-order valence-electron chi connectivity index (χ2n) is 17.3.